The Balaban J connectivity index is 2.18. The van der Waals surface area contributed by atoms with Gasteiger partial charge in [-0.15, -0.1) is 5.92 Å². The molecule has 1 aliphatic rings. The molecule has 0 aromatic rings. The van der Waals surface area contributed by atoms with E-state index in [2.05, 4.69) is 42.8 Å². The van der Waals surface area contributed by atoms with E-state index in [0.717, 1.165) is 19.0 Å². The molecule has 0 atom stereocenters. The lowest BCUT2D eigenvalue weighted by atomic mass is 9.95. The fraction of sp³-hybridized carbons (Fsp3) is 0.857. The minimum atomic E-state index is 0.255. The lowest BCUT2D eigenvalue weighted by Crippen LogP contribution is -2.42. The molecular formula is C14H26N2. The molecule has 1 saturated heterocycles. The first kappa shape index (κ1) is 13.5. The summed E-state index contributed by atoms with van der Waals surface area (Å²) < 4.78 is 0. The van der Waals surface area contributed by atoms with Gasteiger partial charge in [0.1, 0.15) is 0 Å². The first-order valence-electron chi connectivity index (χ1n) is 6.38. The number of hydrogen-bond acceptors (Lipinski definition) is 2. The Morgan fingerprint density at radius 3 is 2.38 bits per heavy atom. The number of piperidine rings is 1. The third-order valence-corrected chi connectivity index (χ3v) is 3.11. The Morgan fingerprint density at radius 1 is 1.25 bits per heavy atom. The van der Waals surface area contributed by atoms with E-state index in [1.165, 1.54) is 25.9 Å². The van der Waals surface area contributed by atoms with E-state index in [4.69, 9.17) is 0 Å². The molecule has 1 rings (SSSR count). The summed E-state index contributed by atoms with van der Waals surface area (Å²) in [6.07, 6.45) is 2.63. The first-order chi connectivity index (χ1) is 7.51. The maximum Gasteiger partial charge on any atom is 0.0601 e. The van der Waals surface area contributed by atoms with Crippen LogP contribution in [0.15, 0.2) is 0 Å². The predicted octanol–water partition coefficient (Wildman–Crippen LogP) is 2.11. The highest BCUT2D eigenvalue weighted by molar-refractivity contribution is 4.98. The number of nitrogens with one attached hydrogen (secondary N) is 1. The van der Waals surface area contributed by atoms with Crippen molar-refractivity contribution in [2.24, 2.45) is 5.92 Å². The van der Waals surface area contributed by atoms with Crippen molar-refractivity contribution in [1.82, 2.24) is 10.2 Å². The predicted molar refractivity (Wildman–Crippen MR) is 70.4 cm³/mol. The Hall–Kier alpha value is -0.520. The van der Waals surface area contributed by atoms with Crippen LogP contribution in [0.2, 0.25) is 0 Å². The van der Waals surface area contributed by atoms with Crippen molar-refractivity contribution in [2.75, 3.05) is 26.2 Å². The summed E-state index contributed by atoms with van der Waals surface area (Å²) in [5.74, 6) is 6.97. The van der Waals surface area contributed by atoms with Crippen molar-refractivity contribution in [3.05, 3.63) is 0 Å². The lowest BCUT2D eigenvalue weighted by Gasteiger charge is -2.32. The molecule has 0 bridgehead atoms. The summed E-state index contributed by atoms with van der Waals surface area (Å²) in [6.45, 7) is 13.2. The zero-order valence-corrected chi connectivity index (χ0v) is 11.3. The molecule has 0 unspecified atom stereocenters. The minimum Gasteiger partial charge on any atom is -0.312 e. The van der Waals surface area contributed by atoms with E-state index in [1.54, 1.807) is 0 Å². The number of rotatable bonds is 3. The molecule has 1 heterocycles. The molecule has 16 heavy (non-hydrogen) atoms. The van der Waals surface area contributed by atoms with E-state index in [-0.39, 0.29) is 5.54 Å². The topological polar surface area (TPSA) is 15.3 Å². The highest BCUT2D eigenvalue weighted by atomic mass is 15.1. The average Bonchev–Trinajstić information content (AvgIpc) is 2.24. The molecule has 92 valence electrons. The fourth-order valence-electron chi connectivity index (χ4n) is 1.99. The average molecular weight is 222 g/mol. The molecule has 1 aliphatic heterocycles. The minimum absolute atomic E-state index is 0.255. The van der Waals surface area contributed by atoms with Gasteiger partial charge >= 0.3 is 0 Å². The van der Waals surface area contributed by atoms with Gasteiger partial charge in [0.05, 0.1) is 6.54 Å². The van der Waals surface area contributed by atoms with Crippen LogP contribution in [0.25, 0.3) is 0 Å². The van der Waals surface area contributed by atoms with E-state index in [1.807, 2.05) is 6.92 Å². The molecule has 0 aromatic heterocycles. The van der Waals surface area contributed by atoms with Gasteiger partial charge in [-0.2, -0.15) is 0 Å². The lowest BCUT2D eigenvalue weighted by molar-refractivity contribution is 0.193. The standard InChI is InChI=1S/C14H26N2/c1-5-6-9-16-10-7-13(8-11-16)12-15-14(2,3)4/h13,15H,7-12H2,1-4H3. The van der Waals surface area contributed by atoms with Gasteiger partial charge in [0.25, 0.3) is 0 Å². The maximum atomic E-state index is 3.60. The van der Waals surface area contributed by atoms with Gasteiger partial charge in [0, 0.05) is 5.54 Å². The van der Waals surface area contributed by atoms with E-state index in [9.17, 15) is 0 Å². The van der Waals surface area contributed by atoms with Gasteiger partial charge in [0.15, 0.2) is 0 Å². The summed E-state index contributed by atoms with van der Waals surface area (Å²) in [6, 6.07) is 0. The van der Waals surface area contributed by atoms with Crippen LogP contribution in [0, 0.1) is 17.8 Å². The van der Waals surface area contributed by atoms with Gasteiger partial charge in [-0.3, -0.25) is 4.90 Å². The molecule has 0 aromatic carbocycles. The summed E-state index contributed by atoms with van der Waals surface area (Å²) in [4.78, 5) is 2.46. The van der Waals surface area contributed by atoms with E-state index < -0.39 is 0 Å². The normalized spacial score (nSPS) is 19.2. The smallest absolute Gasteiger partial charge is 0.0601 e. The number of hydrogen-bond donors (Lipinski definition) is 1. The van der Waals surface area contributed by atoms with E-state index in [0.29, 0.717) is 0 Å². The summed E-state index contributed by atoms with van der Waals surface area (Å²) in [5, 5.41) is 3.60. The molecule has 2 nitrogen and oxygen atoms in total. The van der Waals surface area contributed by atoms with Crippen LogP contribution >= 0.6 is 0 Å². The highest BCUT2D eigenvalue weighted by Gasteiger charge is 2.20. The summed E-state index contributed by atoms with van der Waals surface area (Å²) in [7, 11) is 0. The van der Waals surface area contributed by atoms with Crippen LogP contribution in [-0.2, 0) is 0 Å². The largest absolute Gasteiger partial charge is 0.312 e. The van der Waals surface area contributed by atoms with Gasteiger partial charge in [-0.05, 0) is 66.1 Å². The molecule has 0 spiro atoms. The molecule has 1 fully saturated rings. The van der Waals surface area contributed by atoms with Crippen molar-refractivity contribution in [3.63, 3.8) is 0 Å². The monoisotopic (exact) mass is 222 g/mol. The second-order valence-corrected chi connectivity index (χ2v) is 5.78. The Labute approximate surface area is 101 Å². The summed E-state index contributed by atoms with van der Waals surface area (Å²) >= 11 is 0. The second-order valence-electron chi connectivity index (χ2n) is 5.78. The molecule has 0 radical (unpaired) electrons. The Kier molecular flexibility index (Phi) is 5.31. The van der Waals surface area contributed by atoms with Crippen LogP contribution in [0.3, 0.4) is 0 Å². The van der Waals surface area contributed by atoms with Crippen molar-refractivity contribution >= 4 is 0 Å². The zero-order valence-electron chi connectivity index (χ0n) is 11.3. The van der Waals surface area contributed by atoms with Crippen LogP contribution < -0.4 is 5.32 Å². The van der Waals surface area contributed by atoms with Gasteiger partial charge in [0.2, 0.25) is 0 Å². The van der Waals surface area contributed by atoms with Crippen molar-refractivity contribution in [3.8, 4) is 11.8 Å². The highest BCUT2D eigenvalue weighted by Crippen LogP contribution is 2.16. The zero-order chi connectivity index (χ0) is 12.0. The third kappa shape index (κ3) is 5.53. The molecule has 2 heteroatoms. The van der Waals surface area contributed by atoms with Crippen molar-refractivity contribution < 1.29 is 0 Å². The van der Waals surface area contributed by atoms with Crippen LogP contribution in [0.1, 0.15) is 40.5 Å². The van der Waals surface area contributed by atoms with Gasteiger partial charge in [-0.25, -0.2) is 0 Å². The van der Waals surface area contributed by atoms with Crippen LogP contribution in [-0.4, -0.2) is 36.6 Å². The van der Waals surface area contributed by atoms with E-state index >= 15 is 0 Å². The maximum absolute atomic E-state index is 3.60. The molecule has 0 amide bonds. The SMILES string of the molecule is CC#CCN1CCC(CNC(C)(C)C)CC1. The first-order valence-corrected chi connectivity index (χ1v) is 6.38. The quantitative estimate of drug-likeness (QED) is 0.736. The molecule has 1 N–H and O–H groups in total. The van der Waals surface area contributed by atoms with Crippen LogP contribution in [0.4, 0.5) is 0 Å². The second kappa shape index (κ2) is 6.27. The summed E-state index contributed by atoms with van der Waals surface area (Å²) in [5.41, 5.74) is 0.255. The third-order valence-electron chi connectivity index (χ3n) is 3.11. The fourth-order valence-corrected chi connectivity index (χ4v) is 1.99. The van der Waals surface area contributed by atoms with Crippen LogP contribution in [0.5, 0.6) is 0 Å². The van der Waals surface area contributed by atoms with Gasteiger partial charge < -0.3 is 5.32 Å². The van der Waals surface area contributed by atoms with Gasteiger partial charge in [-0.1, -0.05) is 5.92 Å². The number of likely N-dealkylation sites (tertiary alicyclic amines) is 1. The Bertz CT molecular complexity index is 246. The molecule has 0 aliphatic carbocycles. The molecular weight excluding hydrogens is 196 g/mol. The molecule has 0 saturated carbocycles. The number of nitrogens with zero attached hydrogens (tertiary/aromatic N) is 1. The Morgan fingerprint density at radius 2 is 1.88 bits per heavy atom. The van der Waals surface area contributed by atoms with Crippen molar-refractivity contribution in [1.29, 1.82) is 0 Å². The van der Waals surface area contributed by atoms with Crippen molar-refractivity contribution in [2.45, 2.75) is 46.1 Å².